The van der Waals surface area contributed by atoms with Crippen LogP contribution in [0.25, 0.3) is 11.5 Å². The minimum Gasteiger partial charge on any atom is -0.497 e. The van der Waals surface area contributed by atoms with Gasteiger partial charge in [-0.2, -0.15) is 0 Å². The predicted molar refractivity (Wildman–Crippen MR) is 84.3 cm³/mol. The third kappa shape index (κ3) is 2.73. The summed E-state index contributed by atoms with van der Waals surface area (Å²) in [7, 11) is 1.59. The highest BCUT2D eigenvalue weighted by atomic mass is 16.6. The zero-order valence-corrected chi connectivity index (χ0v) is 14.0. The molecule has 2 heterocycles. The summed E-state index contributed by atoms with van der Waals surface area (Å²) in [6.07, 6.45) is -0.668. The van der Waals surface area contributed by atoms with Crippen molar-refractivity contribution in [3.8, 4) is 17.2 Å². The van der Waals surface area contributed by atoms with E-state index in [1.807, 2.05) is 12.1 Å². The number of aryl methyl sites for hydroxylation is 1. The molecule has 1 aromatic heterocycles. The van der Waals surface area contributed by atoms with Gasteiger partial charge in [0.25, 0.3) is 5.91 Å². The van der Waals surface area contributed by atoms with Crippen LogP contribution in [0.4, 0.5) is 4.79 Å². The van der Waals surface area contributed by atoms with Gasteiger partial charge in [-0.15, -0.1) is 0 Å². The lowest BCUT2D eigenvalue weighted by molar-refractivity contribution is -0.134. The minimum absolute atomic E-state index is 0.0204. The lowest BCUT2D eigenvalue weighted by atomic mass is 10.1. The molecule has 7 heteroatoms. The van der Waals surface area contributed by atoms with Gasteiger partial charge >= 0.3 is 6.09 Å². The quantitative estimate of drug-likeness (QED) is 0.857. The minimum atomic E-state index is -1.15. The number of amides is 2. The van der Waals surface area contributed by atoms with Crippen molar-refractivity contribution in [3.63, 3.8) is 0 Å². The molecule has 1 aliphatic heterocycles. The van der Waals surface area contributed by atoms with E-state index in [-0.39, 0.29) is 12.5 Å². The second kappa shape index (κ2) is 5.67. The summed E-state index contributed by atoms with van der Waals surface area (Å²) < 4.78 is 15.9. The zero-order chi connectivity index (χ0) is 17.5. The molecule has 1 saturated heterocycles. The average Bonchev–Trinajstić information content (AvgIpc) is 3.00. The number of benzene rings is 1. The van der Waals surface area contributed by atoms with Gasteiger partial charge in [0.05, 0.1) is 13.7 Å². The Bertz CT molecular complexity index is 792. The summed E-state index contributed by atoms with van der Waals surface area (Å²) in [6, 6.07) is 7.26. The molecule has 0 bridgehead atoms. The number of rotatable bonds is 4. The highest BCUT2D eigenvalue weighted by Crippen LogP contribution is 2.28. The van der Waals surface area contributed by atoms with E-state index in [1.54, 1.807) is 40.0 Å². The van der Waals surface area contributed by atoms with Gasteiger partial charge < -0.3 is 13.9 Å². The number of nitrogens with zero attached hydrogens (tertiary/aromatic N) is 2. The van der Waals surface area contributed by atoms with Gasteiger partial charge in [0.2, 0.25) is 5.89 Å². The van der Waals surface area contributed by atoms with Gasteiger partial charge in [-0.05, 0) is 45.0 Å². The maximum Gasteiger partial charge on any atom is 0.418 e. The molecule has 0 spiro atoms. The Kier molecular flexibility index (Phi) is 3.79. The highest BCUT2D eigenvalue weighted by Gasteiger charge is 2.47. The molecule has 126 valence electrons. The number of carbonyl (C=O) groups excluding carboxylic acids is 2. The SMILES string of the molecule is COc1ccc(-c2nc(CN3C(=O)OC(C)(C)C3=O)c(C)o2)cc1. The number of methoxy groups -OCH3 is 1. The fourth-order valence-electron chi connectivity index (χ4n) is 2.44. The largest absolute Gasteiger partial charge is 0.497 e. The van der Waals surface area contributed by atoms with Gasteiger partial charge in [-0.3, -0.25) is 4.79 Å². The van der Waals surface area contributed by atoms with E-state index >= 15 is 0 Å². The first-order valence-electron chi connectivity index (χ1n) is 7.47. The van der Waals surface area contributed by atoms with Crippen molar-refractivity contribution in [2.75, 3.05) is 7.11 Å². The summed E-state index contributed by atoms with van der Waals surface area (Å²) in [5, 5.41) is 0. The summed E-state index contributed by atoms with van der Waals surface area (Å²) in [4.78, 5) is 29.5. The summed E-state index contributed by atoms with van der Waals surface area (Å²) in [6.45, 7) is 4.89. The fraction of sp³-hybridized carbons (Fsp3) is 0.353. The second-order valence-electron chi connectivity index (χ2n) is 6.02. The molecule has 0 unspecified atom stereocenters. The van der Waals surface area contributed by atoms with Gasteiger partial charge in [-0.1, -0.05) is 0 Å². The molecule has 0 saturated carbocycles. The van der Waals surface area contributed by atoms with Gasteiger partial charge in [-0.25, -0.2) is 14.7 Å². The van der Waals surface area contributed by atoms with E-state index in [0.29, 0.717) is 17.3 Å². The van der Waals surface area contributed by atoms with Crippen molar-refractivity contribution in [1.29, 1.82) is 0 Å². The molecule has 3 rings (SSSR count). The highest BCUT2D eigenvalue weighted by molar-refractivity contribution is 6.02. The van der Waals surface area contributed by atoms with Crippen LogP contribution in [0.5, 0.6) is 5.75 Å². The molecule has 1 aromatic carbocycles. The molecule has 1 aliphatic rings. The number of ether oxygens (including phenoxy) is 2. The van der Waals surface area contributed by atoms with Crippen LogP contribution in [-0.4, -0.2) is 34.6 Å². The fourth-order valence-corrected chi connectivity index (χ4v) is 2.44. The monoisotopic (exact) mass is 330 g/mol. The van der Waals surface area contributed by atoms with Crippen molar-refractivity contribution in [2.45, 2.75) is 32.9 Å². The lowest BCUT2D eigenvalue weighted by Crippen LogP contribution is -2.36. The smallest absolute Gasteiger partial charge is 0.418 e. The van der Waals surface area contributed by atoms with E-state index in [2.05, 4.69) is 4.98 Å². The molecule has 1 fully saturated rings. The molecule has 7 nitrogen and oxygen atoms in total. The van der Waals surface area contributed by atoms with Crippen molar-refractivity contribution in [1.82, 2.24) is 9.88 Å². The van der Waals surface area contributed by atoms with Crippen LogP contribution in [0.1, 0.15) is 25.3 Å². The predicted octanol–water partition coefficient (Wildman–Crippen LogP) is 2.92. The molecule has 0 radical (unpaired) electrons. The Labute approximate surface area is 139 Å². The Morgan fingerprint density at radius 2 is 1.88 bits per heavy atom. The lowest BCUT2D eigenvalue weighted by Gasteiger charge is -2.12. The van der Waals surface area contributed by atoms with Crippen LogP contribution < -0.4 is 4.74 Å². The van der Waals surface area contributed by atoms with Crippen LogP contribution >= 0.6 is 0 Å². The Hall–Kier alpha value is -2.83. The van der Waals surface area contributed by atoms with Crippen LogP contribution in [0.3, 0.4) is 0 Å². The van der Waals surface area contributed by atoms with Crippen molar-refractivity contribution in [3.05, 3.63) is 35.7 Å². The normalized spacial score (nSPS) is 16.4. The van der Waals surface area contributed by atoms with E-state index in [1.165, 1.54) is 0 Å². The van der Waals surface area contributed by atoms with Crippen LogP contribution in [0, 0.1) is 6.92 Å². The summed E-state index contributed by atoms with van der Waals surface area (Å²) in [5.41, 5.74) is 0.151. The van der Waals surface area contributed by atoms with Crippen LogP contribution in [-0.2, 0) is 16.1 Å². The van der Waals surface area contributed by atoms with E-state index in [4.69, 9.17) is 13.9 Å². The van der Waals surface area contributed by atoms with Gasteiger partial charge in [0, 0.05) is 5.56 Å². The Morgan fingerprint density at radius 3 is 2.42 bits per heavy atom. The van der Waals surface area contributed by atoms with Gasteiger partial charge in [0.15, 0.2) is 5.60 Å². The van der Waals surface area contributed by atoms with E-state index in [9.17, 15) is 9.59 Å². The van der Waals surface area contributed by atoms with Crippen molar-refractivity contribution >= 4 is 12.0 Å². The number of aromatic nitrogens is 1. The molecule has 24 heavy (non-hydrogen) atoms. The first-order chi connectivity index (χ1) is 11.3. The topological polar surface area (TPSA) is 81.9 Å². The van der Waals surface area contributed by atoms with Crippen molar-refractivity contribution < 1.29 is 23.5 Å². The number of cyclic esters (lactones) is 1. The molecule has 0 aliphatic carbocycles. The third-order valence-electron chi connectivity index (χ3n) is 3.86. The van der Waals surface area contributed by atoms with E-state index < -0.39 is 11.7 Å². The molecular formula is C17H18N2O5. The average molecular weight is 330 g/mol. The molecule has 2 aromatic rings. The molecule has 0 atom stereocenters. The molecule has 0 N–H and O–H groups in total. The maximum atomic E-state index is 12.2. The second-order valence-corrected chi connectivity index (χ2v) is 6.02. The standard InChI is InChI=1S/C17H18N2O5/c1-10-13(9-19-15(20)17(2,3)24-16(19)21)18-14(23-10)11-5-7-12(22-4)8-6-11/h5-8H,9H2,1-4H3. The van der Waals surface area contributed by atoms with E-state index in [0.717, 1.165) is 16.2 Å². The molecular weight excluding hydrogens is 312 g/mol. The van der Waals surface area contributed by atoms with Crippen LogP contribution in [0.2, 0.25) is 0 Å². The van der Waals surface area contributed by atoms with Crippen molar-refractivity contribution in [2.24, 2.45) is 0 Å². The van der Waals surface area contributed by atoms with Crippen LogP contribution in [0.15, 0.2) is 28.7 Å². The third-order valence-corrected chi connectivity index (χ3v) is 3.86. The summed E-state index contributed by atoms with van der Waals surface area (Å²) in [5.74, 6) is 1.31. The Balaban J connectivity index is 1.84. The number of hydrogen-bond acceptors (Lipinski definition) is 6. The first-order valence-corrected chi connectivity index (χ1v) is 7.47. The first kappa shape index (κ1) is 16.0. The maximum absolute atomic E-state index is 12.2. The zero-order valence-electron chi connectivity index (χ0n) is 14.0. The molecule has 2 amide bonds. The summed E-state index contributed by atoms with van der Waals surface area (Å²) >= 11 is 0. The number of imide groups is 1. The Morgan fingerprint density at radius 1 is 1.21 bits per heavy atom. The number of oxazole rings is 1. The number of carbonyl (C=O) groups is 2. The van der Waals surface area contributed by atoms with Gasteiger partial charge in [0.1, 0.15) is 17.2 Å². The number of hydrogen-bond donors (Lipinski definition) is 0.